The van der Waals surface area contributed by atoms with Crippen molar-refractivity contribution < 1.29 is 27.5 Å². The van der Waals surface area contributed by atoms with Crippen molar-refractivity contribution in [1.82, 2.24) is 0 Å². The number of hydrogen-bond donors (Lipinski definition) is 1. The number of esters is 1. The molecule has 0 aliphatic rings. The van der Waals surface area contributed by atoms with Crippen molar-refractivity contribution in [2.24, 2.45) is 0 Å². The van der Waals surface area contributed by atoms with Crippen molar-refractivity contribution in [3.05, 3.63) is 59.7 Å². The van der Waals surface area contributed by atoms with Crippen molar-refractivity contribution in [2.45, 2.75) is 38.2 Å². The zero-order valence-electron chi connectivity index (χ0n) is 16.5. The molecule has 0 saturated carbocycles. The van der Waals surface area contributed by atoms with Gasteiger partial charge in [-0.2, -0.15) is 0 Å². The van der Waals surface area contributed by atoms with E-state index in [1.54, 1.807) is 24.3 Å². The van der Waals surface area contributed by atoms with Gasteiger partial charge >= 0.3 is 5.97 Å². The molecule has 0 heterocycles. The van der Waals surface area contributed by atoms with E-state index in [1.165, 1.54) is 38.1 Å². The molecule has 0 saturated heterocycles. The standard InChI is InChI=1S/C21H23NO6S/c1-14-4-10-19(11-5-14)29(26,27)13-12-20(24)28-15(2)21(25)17-6-8-18(9-7-17)22-16(3)23/h4-11,15H,12-13H2,1-3H3,(H,22,23)/t15-/m1/s1. The lowest BCUT2D eigenvalue weighted by Crippen LogP contribution is -2.25. The summed E-state index contributed by atoms with van der Waals surface area (Å²) in [6.45, 7) is 4.65. The SMILES string of the molecule is CC(=O)Nc1ccc(C(=O)[C@@H](C)OC(=O)CCS(=O)(=O)c2ccc(C)cc2)cc1. The molecule has 8 heteroatoms. The topological polar surface area (TPSA) is 107 Å². The van der Waals surface area contributed by atoms with Crippen molar-refractivity contribution in [1.29, 1.82) is 0 Å². The van der Waals surface area contributed by atoms with Crippen molar-refractivity contribution in [3.63, 3.8) is 0 Å². The summed E-state index contributed by atoms with van der Waals surface area (Å²) in [5.41, 5.74) is 1.78. The number of anilines is 1. The van der Waals surface area contributed by atoms with Crippen LogP contribution in [0, 0.1) is 6.92 Å². The number of hydrogen-bond acceptors (Lipinski definition) is 6. The van der Waals surface area contributed by atoms with Gasteiger partial charge in [-0.15, -0.1) is 0 Å². The number of ketones is 1. The summed E-state index contributed by atoms with van der Waals surface area (Å²) in [7, 11) is -3.62. The van der Waals surface area contributed by atoms with E-state index in [0.29, 0.717) is 11.3 Å². The highest BCUT2D eigenvalue weighted by atomic mass is 32.2. The Hall–Kier alpha value is -3.00. The van der Waals surface area contributed by atoms with Crippen LogP contribution >= 0.6 is 0 Å². The Morgan fingerprint density at radius 2 is 1.59 bits per heavy atom. The highest BCUT2D eigenvalue weighted by Crippen LogP contribution is 2.15. The fourth-order valence-electron chi connectivity index (χ4n) is 2.55. The minimum Gasteiger partial charge on any atom is -0.454 e. The van der Waals surface area contributed by atoms with Crippen LogP contribution in [-0.4, -0.2) is 37.9 Å². The first-order chi connectivity index (χ1) is 13.6. The van der Waals surface area contributed by atoms with Gasteiger partial charge in [0.1, 0.15) is 0 Å². The minimum atomic E-state index is -3.62. The molecule has 0 fully saturated rings. The number of sulfone groups is 1. The molecule has 2 aromatic carbocycles. The molecule has 7 nitrogen and oxygen atoms in total. The fraction of sp³-hybridized carbons (Fsp3) is 0.286. The number of rotatable bonds is 8. The average molecular weight is 417 g/mol. The summed E-state index contributed by atoms with van der Waals surface area (Å²) < 4.78 is 29.7. The van der Waals surface area contributed by atoms with Gasteiger partial charge in [0.2, 0.25) is 11.7 Å². The third-order valence-corrected chi connectivity index (χ3v) is 5.85. The molecular weight excluding hydrogens is 394 g/mol. The summed E-state index contributed by atoms with van der Waals surface area (Å²) in [6, 6.07) is 12.5. The Labute approximate surface area is 170 Å². The van der Waals surface area contributed by atoms with Gasteiger partial charge in [0, 0.05) is 18.2 Å². The second kappa shape index (κ2) is 9.47. The molecule has 2 aromatic rings. The molecule has 1 N–H and O–H groups in total. The van der Waals surface area contributed by atoms with Crippen LogP contribution in [-0.2, 0) is 24.2 Å². The third kappa shape index (κ3) is 6.53. The summed E-state index contributed by atoms with van der Waals surface area (Å²) >= 11 is 0. The Kier molecular flexibility index (Phi) is 7.28. The zero-order valence-corrected chi connectivity index (χ0v) is 17.3. The summed E-state index contributed by atoms with van der Waals surface area (Å²) in [6.07, 6.45) is -1.41. The van der Waals surface area contributed by atoms with Crippen LogP contribution in [0.2, 0.25) is 0 Å². The maximum Gasteiger partial charge on any atom is 0.307 e. The van der Waals surface area contributed by atoms with Crippen LogP contribution in [0.15, 0.2) is 53.4 Å². The minimum absolute atomic E-state index is 0.138. The number of aryl methyl sites for hydroxylation is 1. The second-order valence-corrected chi connectivity index (χ2v) is 8.75. The summed E-state index contributed by atoms with van der Waals surface area (Å²) in [5, 5.41) is 2.59. The molecule has 154 valence electrons. The zero-order chi connectivity index (χ0) is 21.6. The highest BCUT2D eigenvalue weighted by Gasteiger charge is 2.22. The molecule has 29 heavy (non-hydrogen) atoms. The van der Waals surface area contributed by atoms with E-state index in [0.717, 1.165) is 5.56 Å². The first kappa shape index (κ1) is 22.3. The highest BCUT2D eigenvalue weighted by molar-refractivity contribution is 7.91. The molecule has 2 rings (SSSR count). The smallest absolute Gasteiger partial charge is 0.307 e. The van der Waals surface area contributed by atoms with E-state index >= 15 is 0 Å². The van der Waals surface area contributed by atoms with E-state index in [1.807, 2.05) is 6.92 Å². The van der Waals surface area contributed by atoms with E-state index in [4.69, 9.17) is 4.74 Å². The van der Waals surface area contributed by atoms with Gasteiger partial charge in [-0.1, -0.05) is 17.7 Å². The normalized spacial score (nSPS) is 12.1. The number of carbonyl (C=O) groups excluding carboxylic acids is 3. The van der Waals surface area contributed by atoms with Crippen LogP contribution < -0.4 is 5.32 Å². The molecular formula is C21H23NO6S. The lowest BCUT2D eigenvalue weighted by Gasteiger charge is -2.13. The van der Waals surface area contributed by atoms with E-state index < -0.39 is 33.4 Å². The number of ether oxygens (including phenoxy) is 1. The van der Waals surface area contributed by atoms with Crippen LogP contribution in [0.3, 0.4) is 0 Å². The van der Waals surface area contributed by atoms with Crippen LogP contribution in [0.25, 0.3) is 0 Å². The maximum atomic E-state index is 12.4. The molecule has 0 aromatic heterocycles. The molecule has 1 amide bonds. The Bertz CT molecular complexity index is 994. The molecule has 1 atom stereocenters. The van der Waals surface area contributed by atoms with Gasteiger partial charge in [-0.3, -0.25) is 14.4 Å². The number of benzene rings is 2. The van der Waals surface area contributed by atoms with Crippen molar-refractivity contribution in [3.8, 4) is 0 Å². The lowest BCUT2D eigenvalue weighted by atomic mass is 10.1. The molecule has 0 bridgehead atoms. The van der Waals surface area contributed by atoms with Gasteiger partial charge in [0.25, 0.3) is 0 Å². The number of Topliss-reactive ketones (excluding diaryl/α,β-unsaturated/α-hetero) is 1. The van der Waals surface area contributed by atoms with Gasteiger partial charge in [-0.25, -0.2) is 8.42 Å². The van der Waals surface area contributed by atoms with Crippen molar-refractivity contribution >= 4 is 33.2 Å². The molecule has 0 aliphatic heterocycles. The Morgan fingerprint density at radius 3 is 2.14 bits per heavy atom. The van der Waals surface area contributed by atoms with E-state index in [-0.39, 0.29) is 17.2 Å². The molecule has 0 radical (unpaired) electrons. The van der Waals surface area contributed by atoms with Gasteiger partial charge < -0.3 is 10.1 Å². The predicted molar refractivity (Wildman–Crippen MR) is 108 cm³/mol. The quantitative estimate of drug-likeness (QED) is 0.523. The molecule has 0 unspecified atom stereocenters. The van der Waals surface area contributed by atoms with Gasteiger partial charge in [0.15, 0.2) is 15.9 Å². The third-order valence-electron chi connectivity index (χ3n) is 4.12. The van der Waals surface area contributed by atoms with E-state index in [9.17, 15) is 22.8 Å². The lowest BCUT2D eigenvalue weighted by molar-refractivity contribution is -0.145. The largest absolute Gasteiger partial charge is 0.454 e. The summed E-state index contributed by atoms with van der Waals surface area (Å²) in [4.78, 5) is 35.6. The van der Waals surface area contributed by atoms with Crippen LogP contribution in [0.4, 0.5) is 5.69 Å². The number of amides is 1. The Morgan fingerprint density at radius 1 is 1.00 bits per heavy atom. The summed E-state index contributed by atoms with van der Waals surface area (Å²) in [5.74, 6) is -1.82. The first-order valence-corrected chi connectivity index (χ1v) is 10.6. The monoisotopic (exact) mass is 417 g/mol. The second-order valence-electron chi connectivity index (χ2n) is 6.64. The van der Waals surface area contributed by atoms with Crippen molar-refractivity contribution in [2.75, 3.05) is 11.1 Å². The maximum absolute atomic E-state index is 12.4. The average Bonchev–Trinajstić information content (AvgIpc) is 2.66. The van der Waals surface area contributed by atoms with Crippen LogP contribution in [0.5, 0.6) is 0 Å². The van der Waals surface area contributed by atoms with E-state index in [2.05, 4.69) is 5.32 Å². The Balaban J connectivity index is 1.91. The predicted octanol–water partition coefficient (Wildman–Crippen LogP) is 2.93. The number of carbonyl (C=O) groups is 3. The first-order valence-electron chi connectivity index (χ1n) is 8.99. The van der Waals surface area contributed by atoms with Crippen LogP contribution in [0.1, 0.15) is 36.2 Å². The van der Waals surface area contributed by atoms with Gasteiger partial charge in [0.05, 0.1) is 17.1 Å². The molecule has 0 spiro atoms. The molecule has 0 aliphatic carbocycles. The number of nitrogens with one attached hydrogen (secondary N) is 1. The van der Waals surface area contributed by atoms with Gasteiger partial charge in [-0.05, 0) is 50.2 Å². The fourth-order valence-corrected chi connectivity index (χ4v) is 3.77.